The predicted molar refractivity (Wildman–Crippen MR) is 131 cm³/mol. The van der Waals surface area contributed by atoms with Crippen molar-refractivity contribution in [2.45, 2.75) is 109 Å². The van der Waals surface area contributed by atoms with Crippen molar-refractivity contribution in [3.8, 4) is 0 Å². The molecule has 0 bridgehead atoms. The van der Waals surface area contributed by atoms with Crippen molar-refractivity contribution in [2.24, 2.45) is 11.8 Å². The van der Waals surface area contributed by atoms with Gasteiger partial charge >= 0.3 is 11.9 Å². The lowest BCUT2D eigenvalue weighted by molar-refractivity contribution is -0.157. The van der Waals surface area contributed by atoms with Gasteiger partial charge < -0.3 is 29.5 Å². The van der Waals surface area contributed by atoms with Gasteiger partial charge in [0.25, 0.3) is 0 Å². The molecule has 0 aromatic rings. The fraction of sp³-hybridized carbons (Fsp3) is 0.704. The molecule has 9 unspecified atom stereocenters. The molecule has 2 heterocycles. The zero-order valence-electron chi connectivity index (χ0n) is 21.7. The second-order valence-corrected chi connectivity index (χ2v) is 10.3. The number of cyclic esters (lactones) is 1. The number of aliphatic hydroxyl groups excluding tert-OH is 2. The van der Waals surface area contributed by atoms with Crippen LogP contribution in [-0.2, 0) is 23.8 Å². The minimum atomic E-state index is -1.40. The van der Waals surface area contributed by atoms with Crippen LogP contribution in [0.4, 0.5) is 0 Å². The van der Waals surface area contributed by atoms with E-state index in [2.05, 4.69) is 6.92 Å². The lowest BCUT2D eigenvalue weighted by atomic mass is 9.88. The van der Waals surface area contributed by atoms with Crippen molar-refractivity contribution in [3.05, 3.63) is 36.0 Å². The molecule has 0 aromatic carbocycles. The van der Waals surface area contributed by atoms with Crippen molar-refractivity contribution in [1.82, 2.24) is 0 Å². The number of esters is 2. The monoisotopic (exact) mass is 494 g/mol. The zero-order chi connectivity index (χ0) is 26.3. The van der Waals surface area contributed by atoms with Gasteiger partial charge in [-0.1, -0.05) is 38.2 Å². The van der Waals surface area contributed by atoms with Crippen LogP contribution in [-0.4, -0.2) is 69.5 Å². The van der Waals surface area contributed by atoms with Gasteiger partial charge in [0.05, 0.1) is 24.7 Å². The molecule has 35 heavy (non-hydrogen) atoms. The average Bonchev–Trinajstić information content (AvgIpc) is 3.51. The third-order valence-electron chi connectivity index (χ3n) is 6.57. The summed E-state index contributed by atoms with van der Waals surface area (Å²) in [5.74, 6) is -1.07. The Morgan fingerprint density at radius 2 is 2.00 bits per heavy atom. The molecule has 0 amide bonds. The van der Waals surface area contributed by atoms with E-state index in [-0.39, 0.29) is 43.3 Å². The topological polar surface area (TPSA) is 126 Å². The van der Waals surface area contributed by atoms with Crippen LogP contribution >= 0.6 is 0 Å². The summed E-state index contributed by atoms with van der Waals surface area (Å²) in [6.45, 7) is 10.4. The Hall–Kier alpha value is -2.00. The van der Waals surface area contributed by atoms with Crippen LogP contribution in [0.25, 0.3) is 0 Å². The van der Waals surface area contributed by atoms with Crippen LogP contribution in [0.5, 0.6) is 0 Å². The summed E-state index contributed by atoms with van der Waals surface area (Å²) in [5.41, 5.74) is -0.589. The quantitative estimate of drug-likeness (QED) is 0.213. The van der Waals surface area contributed by atoms with Crippen molar-refractivity contribution >= 4 is 11.9 Å². The molecule has 0 aromatic heterocycles. The fourth-order valence-corrected chi connectivity index (χ4v) is 4.34. The fourth-order valence-electron chi connectivity index (χ4n) is 4.34. The highest BCUT2D eigenvalue weighted by atomic mass is 16.6. The lowest BCUT2D eigenvalue weighted by Crippen LogP contribution is -2.42. The molecule has 1 saturated heterocycles. The first-order valence-corrected chi connectivity index (χ1v) is 12.4. The van der Waals surface area contributed by atoms with E-state index in [1.54, 1.807) is 26.0 Å². The molecule has 0 saturated carbocycles. The smallest absolute Gasteiger partial charge is 0.309 e. The Morgan fingerprint density at radius 3 is 2.60 bits per heavy atom. The maximum atomic E-state index is 12.5. The molecule has 9 atom stereocenters. The van der Waals surface area contributed by atoms with Crippen molar-refractivity contribution < 1.29 is 39.1 Å². The highest BCUT2D eigenvalue weighted by Crippen LogP contribution is 2.31. The van der Waals surface area contributed by atoms with Gasteiger partial charge in [-0.15, -0.1) is 0 Å². The summed E-state index contributed by atoms with van der Waals surface area (Å²) < 4.78 is 16.6. The van der Waals surface area contributed by atoms with Crippen LogP contribution < -0.4 is 0 Å². The summed E-state index contributed by atoms with van der Waals surface area (Å²) >= 11 is 0. The van der Waals surface area contributed by atoms with E-state index in [1.807, 2.05) is 32.1 Å². The standard InChI is InChI=1S/C27H42O8/c1-16(14-22-26(34-22)19(4)28)8-7-9-17(2)25-18(3)10-11-23(33-20(5)29)27(6,32)13-12-21(30)15-24(31)35-25/h7-11,16,18-19,21-23,25-26,28,30,32H,12-15H2,1-6H3/b8-7+,11-10+,17-9+. The van der Waals surface area contributed by atoms with Gasteiger partial charge in [-0.3, -0.25) is 9.59 Å². The first-order valence-electron chi connectivity index (χ1n) is 12.4. The van der Waals surface area contributed by atoms with Crippen molar-refractivity contribution in [1.29, 1.82) is 0 Å². The number of hydrogen-bond acceptors (Lipinski definition) is 8. The summed E-state index contributed by atoms with van der Waals surface area (Å²) in [6.07, 6.45) is 7.23. The molecule has 8 heteroatoms. The Kier molecular flexibility index (Phi) is 10.7. The molecular formula is C27H42O8. The Morgan fingerprint density at radius 1 is 1.31 bits per heavy atom. The Balaban J connectivity index is 2.17. The normalized spacial score (nSPS) is 37.5. The molecule has 0 spiro atoms. The van der Waals surface area contributed by atoms with E-state index in [0.717, 1.165) is 12.0 Å². The molecule has 0 aliphatic carbocycles. The second-order valence-electron chi connectivity index (χ2n) is 10.3. The molecule has 3 N–H and O–H groups in total. The summed E-state index contributed by atoms with van der Waals surface area (Å²) in [6, 6.07) is 0. The summed E-state index contributed by atoms with van der Waals surface area (Å²) in [4.78, 5) is 24.1. The van der Waals surface area contributed by atoms with E-state index >= 15 is 0 Å². The molecule has 0 radical (unpaired) electrons. The highest BCUT2D eigenvalue weighted by Gasteiger charge is 2.42. The van der Waals surface area contributed by atoms with E-state index in [0.29, 0.717) is 0 Å². The van der Waals surface area contributed by atoms with Crippen LogP contribution in [0.2, 0.25) is 0 Å². The number of ether oxygens (including phenoxy) is 3. The van der Waals surface area contributed by atoms with Crippen LogP contribution in [0.15, 0.2) is 36.0 Å². The Bertz CT molecular complexity index is 812. The van der Waals surface area contributed by atoms with Crippen LogP contribution in [0, 0.1) is 11.8 Å². The van der Waals surface area contributed by atoms with Gasteiger partial charge in [0, 0.05) is 12.8 Å². The maximum absolute atomic E-state index is 12.5. The number of hydrogen-bond donors (Lipinski definition) is 3. The van der Waals surface area contributed by atoms with E-state index in [1.165, 1.54) is 6.92 Å². The third-order valence-corrected chi connectivity index (χ3v) is 6.57. The molecule has 2 aliphatic heterocycles. The number of rotatable bonds is 7. The van der Waals surface area contributed by atoms with Gasteiger partial charge in [-0.05, 0) is 57.6 Å². The molecular weight excluding hydrogens is 452 g/mol. The van der Waals surface area contributed by atoms with Crippen molar-refractivity contribution in [2.75, 3.05) is 0 Å². The van der Waals surface area contributed by atoms with Gasteiger partial charge in [0.2, 0.25) is 0 Å². The maximum Gasteiger partial charge on any atom is 0.309 e. The van der Waals surface area contributed by atoms with Gasteiger partial charge in [-0.2, -0.15) is 0 Å². The molecule has 2 rings (SSSR count). The summed E-state index contributed by atoms with van der Waals surface area (Å²) in [7, 11) is 0. The Labute approximate surface area is 208 Å². The van der Waals surface area contributed by atoms with E-state index in [4.69, 9.17) is 14.2 Å². The van der Waals surface area contributed by atoms with Crippen LogP contribution in [0.3, 0.4) is 0 Å². The minimum Gasteiger partial charge on any atom is -0.457 e. The third kappa shape index (κ3) is 9.52. The zero-order valence-corrected chi connectivity index (χ0v) is 21.7. The van der Waals surface area contributed by atoms with E-state index < -0.39 is 42.0 Å². The predicted octanol–water partition coefficient (Wildman–Crippen LogP) is 2.99. The second kappa shape index (κ2) is 12.8. The number of carbonyl (C=O) groups excluding carboxylic acids is 2. The summed E-state index contributed by atoms with van der Waals surface area (Å²) in [5, 5.41) is 30.8. The van der Waals surface area contributed by atoms with E-state index in [9.17, 15) is 24.9 Å². The first kappa shape index (κ1) is 29.2. The number of carbonyl (C=O) groups is 2. The molecule has 1 fully saturated rings. The minimum absolute atomic E-state index is 0.0750. The van der Waals surface area contributed by atoms with Crippen LogP contribution in [0.1, 0.15) is 67.2 Å². The number of aliphatic hydroxyl groups is 3. The highest BCUT2D eigenvalue weighted by molar-refractivity contribution is 5.70. The van der Waals surface area contributed by atoms with Gasteiger partial charge in [0.15, 0.2) is 0 Å². The SMILES string of the molecule is CC(=O)OC1/C=C/C(C)C(/C(C)=C/C=C/C(C)CC2OC2C(C)O)OC(=O)CC(O)CCC1(C)O. The molecule has 8 nitrogen and oxygen atoms in total. The molecule has 198 valence electrons. The largest absolute Gasteiger partial charge is 0.457 e. The first-order chi connectivity index (χ1) is 16.3. The number of allylic oxidation sites excluding steroid dienone is 3. The number of epoxide rings is 1. The lowest BCUT2D eigenvalue weighted by Gasteiger charge is -2.32. The van der Waals surface area contributed by atoms with Gasteiger partial charge in [-0.25, -0.2) is 0 Å². The average molecular weight is 495 g/mol. The van der Waals surface area contributed by atoms with Crippen molar-refractivity contribution in [3.63, 3.8) is 0 Å². The molecule has 2 aliphatic rings. The van der Waals surface area contributed by atoms with Gasteiger partial charge in [0.1, 0.15) is 23.9 Å².